The molecule has 0 aromatic heterocycles. The van der Waals surface area contributed by atoms with Crippen LogP contribution in [-0.2, 0) is 19.1 Å². The molecule has 0 radical (unpaired) electrons. The zero-order chi connectivity index (χ0) is 23.8. The molecule has 1 heterocycles. The van der Waals surface area contributed by atoms with Crippen molar-refractivity contribution in [3.05, 3.63) is 65.5 Å². The first-order valence-corrected chi connectivity index (χ1v) is 10.9. The number of hydrogen-bond acceptors (Lipinski definition) is 5. The lowest BCUT2D eigenvalue weighted by atomic mass is 9.81. The van der Waals surface area contributed by atoms with E-state index in [1.165, 1.54) is 12.2 Å². The van der Waals surface area contributed by atoms with Gasteiger partial charge in [0.05, 0.1) is 18.7 Å². The lowest BCUT2D eigenvalue weighted by molar-refractivity contribution is -0.150. The molecule has 0 bridgehead atoms. The summed E-state index contributed by atoms with van der Waals surface area (Å²) in [6, 6.07) is 9.35. The molecule has 33 heavy (non-hydrogen) atoms. The van der Waals surface area contributed by atoms with Crippen LogP contribution in [0.15, 0.2) is 65.5 Å². The van der Waals surface area contributed by atoms with Gasteiger partial charge in [0.15, 0.2) is 0 Å². The third kappa shape index (κ3) is 6.63. The second kappa shape index (κ2) is 11.1. The number of para-hydroxylation sites is 1. The number of anilines is 1. The Labute approximate surface area is 190 Å². The number of carbonyl (C=O) groups excluding carboxylic acids is 2. The molecule has 0 saturated heterocycles. The zero-order valence-corrected chi connectivity index (χ0v) is 18.3. The molecule has 1 aliphatic heterocycles. The number of amides is 1. The third-order valence-electron chi connectivity index (χ3n) is 5.29. The van der Waals surface area contributed by atoms with Crippen molar-refractivity contribution < 1.29 is 32.2 Å². The first-order chi connectivity index (χ1) is 15.8. The van der Waals surface area contributed by atoms with E-state index in [2.05, 4.69) is 10.6 Å². The molecule has 0 spiro atoms. The summed E-state index contributed by atoms with van der Waals surface area (Å²) in [5.74, 6) is -1.82. The maximum atomic E-state index is 13.4. The van der Waals surface area contributed by atoms with Gasteiger partial charge < -0.3 is 20.1 Å². The number of alkyl halides is 3. The highest BCUT2D eigenvalue weighted by atomic mass is 19.4. The van der Waals surface area contributed by atoms with E-state index in [1.807, 2.05) is 37.3 Å². The molecule has 6 nitrogen and oxygen atoms in total. The van der Waals surface area contributed by atoms with Crippen LogP contribution in [0.25, 0.3) is 0 Å². The van der Waals surface area contributed by atoms with Gasteiger partial charge >= 0.3 is 12.1 Å². The van der Waals surface area contributed by atoms with Crippen LogP contribution in [0.1, 0.15) is 26.2 Å². The third-order valence-corrected chi connectivity index (χ3v) is 5.29. The molecule has 1 amide bonds. The van der Waals surface area contributed by atoms with Crippen molar-refractivity contribution in [3.63, 3.8) is 0 Å². The van der Waals surface area contributed by atoms with Crippen LogP contribution in [-0.4, -0.2) is 43.9 Å². The first kappa shape index (κ1) is 24.4. The first-order valence-electron chi connectivity index (χ1n) is 10.9. The Bertz CT molecular complexity index is 939. The minimum atomic E-state index is -4.62. The van der Waals surface area contributed by atoms with Crippen LogP contribution in [0.2, 0.25) is 0 Å². The highest BCUT2D eigenvalue weighted by Crippen LogP contribution is 2.43. The summed E-state index contributed by atoms with van der Waals surface area (Å²) in [7, 11) is 0. The standard InChI is InChI=1S/C24H27F3N2O4/c1-2-7-18-20(11-10-17-19(24(25,26)27)14-22(31)33-23(17)18)32-13-6-12-28-21(30)15-29-16-8-4-3-5-9-16/h3-5,8-11,14,17,23,29H,2,6-7,12-13,15H2,1H3,(H,28,30). The summed E-state index contributed by atoms with van der Waals surface area (Å²) >= 11 is 0. The minimum absolute atomic E-state index is 0.142. The Hall–Kier alpha value is -3.23. The largest absolute Gasteiger partial charge is 0.493 e. The fourth-order valence-corrected chi connectivity index (χ4v) is 3.78. The molecule has 2 unspecified atom stereocenters. The number of rotatable bonds is 10. The van der Waals surface area contributed by atoms with E-state index in [0.717, 1.165) is 5.69 Å². The summed E-state index contributed by atoms with van der Waals surface area (Å²) in [5.41, 5.74) is 0.490. The van der Waals surface area contributed by atoms with Gasteiger partial charge in [-0.25, -0.2) is 4.79 Å². The van der Waals surface area contributed by atoms with Gasteiger partial charge in [-0.15, -0.1) is 0 Å². The predicted octanol–water partition coefficient (Wildman–Crippen LogP) is 4.28. The highest BCUT2D eigenvalue weighted by molar-refractivity contribution is 5.85. The molecule has 1 aromatic rings. The van der Waals surface area contributed by atoms with Crippen molar-refractivity contribution in [1.29, 1.82) is 0 Å². The van der Waals surface area contributed by atoms with Crippen LogP contribution in [0.4, 0.5) is 18.9 Å². The predicted molar refractivity (Wildman–Crippen MR) is 117 cm³/mol. The smallest absolute Gasteiger partial charge is 0.413 e. The summed E-state index contributed by atoms with van der Waals surface area (Å²) in [4.78, 5) is 23.7. The second-order valence-electron chi connectivity index (χ2n) is 7.75. The van der Waals surface area contributed by atoms with Crippen molar-refractivity contribution >= 4 is 17.6 Å². The Balaban J connectivity index is 1.51. The molecule has 3 rings (SSSR count). The molecule has 2 N–H and O–H groups in total. The molecular formula is C24H27F3N2O4. The van der Waals surface area contributed by atoms with E-state index in [9.17, 15) is 22.8 Å². The summed E-state index contributed by atoms with van der Waals surface area (Å²) < 4.78 is 51.3. The molecule has 0 saturated carbocycles. The average Bonchev–Trinajstić information content (AvgIpc) is 2.78. The van der Waals surface area contributed by atoms with E-state index >= 15 is 0 Å². The molecule has 0 fully saturated rings. The number of carbonyl (C=O) groups is 2. The molecule has 178 valence electrons. The van der Waals surface area contributed by atoms with Gasteiger partial charge in [0, 0.05) is 29.8 Å². The van der Waals surface area contributed by atoms with Gasteiger partial charge in [0.25, 0.3) is 0 Å². The van der Waals surface area contributed by atoms with E-state index in [0.29, 0.717) is 43.2 Å². The second-order valence-corrected chi connectivity index (χ2v) is 7.75. The van der Waals surface area contributed by atoms with Gasteiger partial charge in [0.1, 0.15) is 11.9 Å². The van der Waals surface area contributed by atoms with Gasteiger partial charge in [-0.05, 0) is 31.1 Å². The van der Waals surface area contributed by atoms with E-state index < -0.39 is 29.7 Å². The number of allylic oxidation sites excluding steroid dienone is 1. The van der Waals surface area contributed by atoms with Crippen molar-refractivity contribution in [2.45, 2.75) is 38.5 Å². The van der Waals surface area contributed by atoms with Crippen LogP contribution in [0.3, 0.4) is 0 Å². The lowest BCUT2D eigenvalue weighted by Gasteiger charge is -2.35. The molecule has 1 aliphatic carbocycles. The zero-order valence-electron chi connectivity index (χ0n) is 18.3. The van der Waals surface area contributed by atoms with Crippen LogP contribution >= 0.6 is 0 Å². The van der Waals surface area contributed by atoms with E-state index in [4.69, 9.17) is 9.47 Å². The van der Waals surface area contributed by atoms with E-state index in [1.54, 1.807) is 0 Å². The molecule has 9 heteroatoms. The minimum Gasteiger partial charge on any atom is -0.493 e. The SMILES string of the molecule is CCCC1=C(OCCCNC(=O)CNc2ccccc2)C=CC2C(C(F)(F)F)=CC(=O)OC12. The fraction of sp³-hybridized carbons (Fsp3) is 0.417. The normalized spacial score (nSPS) is 20.0. The number of ether oxygens (including phenoxy) is 2. The fourth-order valence-electron chi connectivity index (χ4n) is 3.78. The Morgan fingerprint density at radius 3 is 2.67 bits per heavy atom. The summed E-state index contributed by atoms with van der Waals surface area (Å²) in [6.07, 6.45) is -0.604. The maximum absolute atomic E-state index is 13.4. The van der Waals surface area contributed by atoms with Crippen molar-refractivity contribution in [2.75, 3.05) is 25.0 Å². The van der Waals surface area contributed by atoms with E-state index in [-0.39, 0.29) is 19.1 Å². The number of nitrogens with one attached hydrogen (secondary N) is 2. The Morgan fingerprint density at radius 2 is 1.97 bits per heavy atom. The van der Waals surface area contributed by atoms with Crippen molar-refractivity contribution in [2.24, 2.45) is 5.92 Å². The molecular weight excluding hydrogens is 437 g/mol. The van der Waals surface area contributed by atoms with Gasteiger partial charge in [-0.3, -0.25) is 4.79 Å². The monoisotopic (exact) mass is 464 g/mol. The van der Waals surface area contributed by atoms with Gasteiger partial charge in [-0.2, -0.15) is 13.2 Å². The van der Waals surface area contributed by atoms with Crippen molar-refractivity contribution in [3.8, 4) is 0 Å². The number of benzene rings is 1. The highest BCUT2D eigenvalue weighted by Gasteiger charge is 2.47. The molecule has 2 atom stereocenters. The number of hydrogen-bond donors (Lipinski definition) is 2. The van der Waals surface area contributed by atoms with Gasteiger partial charge in [-0.1, -0.05) is 37.6 Å². The Kier molecular flexibility index (Phi) is 8.19. The Morgan fingerprint density at radius 1 is 1.21 bits per heavy atom. The quantitative estimate of drug-likeness (QED) is 0.399. The van der Waals surface area contributed by atoms with Crippen LogP contribution in [0, 0.1) is 5.92 Å². The summed E-state index contributed by atoms with van der Waals surface area (Å²) in [6.45, 7) is 2.68. The number of halogens is 3. The van der Waals surface area contributed by atoms with Crippen LogP contribution < -0.4 is 10.6 Å². The van der Waals surface area contributed by atoms with Crippen LogP contribution in [0.5, 0.6) is 0 Å². The number of esters is 1. The van der Waals surface area contributed by atoms with Gasteiger partial charge in [0.2, 0.25) is 5.91 Å². The van der Waals surface area contributed by atoms with Crippen molar-refractivity contribution in [1.82, 2.24) is 5.32 Å². The molecule has 1 aromatic carbocycles. The molecule has 2 aliphatic rings. The summed E-state index contributed by atoms with van der Waals surface area (Å²) in [5, 5.41) is 5.80. The number of fused-ring (bicyclic) bond motifs is 1. The lowest BCUT2D eigenvalue weighted by Crippen LogP contribution is -2.39. The maximum Gasteiger partial charge on any atom is 0.413 e. The topological polar surface area (TPSA) is 76.7 Å². The average molecular weight is 464 g/mol.